The van der Waals surface area contributed by atoms with Crippen molar-refractivity contribution >= 4 is 0 Å². The predicted molar refractivity (Wildman–Crippen MR) is 65.6 cm³/mol. The van der Waals surface area contributed by atoms with Gasteiger partial charge in [0.2, 0.25) is 0 Å². The van der Waals surface area contributed by atoms with Gasteiger partial charge in [0, 0.05) is 23.9 Å². The minimum absolute atomic E-state index is 0.148. The van der Waals surface area contributed by atoms with Crippen LogP contribution in [-0.4, -0.2) is 25.4 Å². The van der Waals surface area contributed by atoms with Crippen LogP contribution in [0.15, 0.2) is 24.8 Å². The van der Waals surface area contributed by atoms with Crippen molar-refractivity contribution in [3.63, 3.8) is 0 Å². The Morgan fingerprint density at radius 1 is 1.47 bits per heavy atom. The standard InChI is InChI=1S/C15H20O2/c1-2-3-4-7-17-15-11-5-6-13(15)14(15)10-16-9-12(14)8-11/h2,5-6,11-13H,1,3-4,7-10H2/t11-,12+,13+,14+,15?/m0/s1. The summed E-state index contributed by atoms with van der Waals surface area (Å²) in [6.07, 6.45) is 10.2. The summed E-state index contributed by atoms with van der Waals surface area (Å²) in [6, 6.07) is 0. The smallest absolute Gasteiger partial charge is 0.0902 e. The fourth-order valence-electron chi connectivity index (χ4n) is 4.91. The average Bonchev–Trinajstić information content (AvgIpc) is 2.65. The molecule has 0 aromatic carbocycles. The van der Waals surface area contributed by atoms with E-state index in [9.17, 15) is 0 Å². The van der Waals surface area contributed by atoms with Crippen molar-refractivity contribution in [3.8, 4) is 0 Å². The molecule has 2 saturated carbocycles. The zero-order valence-corrected chi connectivity index (χ0v) is 10.2. The van der Waals surface area contributed by atoms with Crippen LogP contribution >= 0.6 is 0 Å². The van der Waals surface area contributed by atoms with E-state index in [4.69, 9.17) is 9.47 Å². The van der Waals surface area contributed by atoms with Gasteiger partial charge in [-0.2, -0.15) is 0 Å². The molecule has 1 saturated heterocycles. The molecule has 1 spiro atoms. The third-order valence-electron chi connectivity index (χ3n) is 5.57. The maximum Gasteiger partial charge on any atom is 0.0902 e. The van der Waals surface area contributed by atoms with Gasteiger partial charge in [-0.25, -0.2) is 0 Å². The van der Waals surface area contributed by atoms with E-state index in [-0.39, 0.29) is 5.60 Å². The highest BCUT2D eigenvalue weighted by Gasteiger charge is 2.88. The fourth-order valence-corrected chi connectivity index (χ4v) is 4.91. The van der Waals surface area contributed by atoms with E-state index in [0.29, 0.717) is 17.3 Å². The summed E-state index contributed by atoms with van der Waals surface area (Å²) in [4.78, 5) is 0. The normalized spacial score (nSPS) is 52.6. The van der Waals surface area contributed by atoms with Crippen molar-refractivity contribution in [1.82, 2.24) is 0 Å². The molecule has 0 amide bonds. The van der Waals surface area contributed by atoms with Crippen molar-refractivity contribution in [2.24, 2.45) is 23.2 Å². The van der Waals surface area contributed by atoms with E-state index in [0.717, 1.165) is 38.6 Å². The molecule has 2 nitrogen and oxygen atoms in total. The highest BCUT2D eigenvalue weighted by atomic mass is 16.5. The minimum Gasteiger partial charge on any atom is -0.380 e. The topological polar surface area (TPSA) is 18.5 Å². The Labute approximate surface area is 103 Å². The van der Waals surface area contributed by atoms with Crippen LogP contribution in [-0.2, 0) is 9.47 Å². The number of rotatable bonds is 5. The molecule has 4 rings (SSSR count). The number of allylic oxidation sites excluding steroid dienone is 1. The van der Waals surface area contributed by atoms with E-state index in [1.54, 1.807) is 0 Å². The SMILES string of the molecule is C=CCCCOC12[C@H]3C=C[C@@H]1[C@]21COC[C@H]1C3. The van der Waals surface area contributed by atoms with E-state index in [1.807, 2.05) is 6.08 Å². The summed E-state index contributed by atoms with van der Waals surface area (Å²) in [5.41, 5.74) is 0.524. The van der Waals surface area contributed by atoms with Crippen molar-refractivity contribution in [2.45, 2.75) is 24.9 Å². The van der Waals surface area contributed by atoms with E-state index in [1.165, 1.54) is 6.42 Å². The Morgan fingerprint density at radius 3 is 3.29 bits per heavy atom. The second-order valence-corrected chi connectivity index (χ2v) is 6.03. The molecule has 1 heterocycles. The summed E-state index contributed by atoms with van der Waals surface area (Å²) >= 11 is 0. The Balaban J connectivity index is 1.53. The Morgan fingerprint density at radius 2 is 2.41 bits per heavy atom. The third kappa shape index (κ3) is 0.970. The molecule has 0 aromatic rings. The van der Waals surface area contributed by atoms with Gasteiger partial charge in [-0.3, -0.25) is 0 Å². The maximum atomic E-state index is 6.37. The molecule has 3 fully saturated rings. The molecular weight excluding hydrogens is 212 g/mol. The molecular formula is C15H20O2. The van der Waals surface area contributed by atoms with Gasteiger partial charge in [-0.15, -0.1) is 6.58 Å². The molecule has 17 heavy (non-hydrogen) atoms. The first-order valence-corrected chi connectivity index (χ1v) is 6.87. The second-order valence-electron chi connectivity index (χ2n) is 6.03. The number of unbranched alkanes of at least 4 members (excludes halogenated alkanes) is 1. The van der Waals surface area contributed by atoms with E-state index < -0.39 is 0 Å². The summed E-state index contributed by atoms with van der Waals surface area (Å²) in [6.45, 7) is 6.55. The van der Waals surface area contributed by atoms with Gasteiger partial charge in [-0.05, 0) is 25.2 Å². The lowest BCUT2D eigenvalue weighted by atomic mass is 9.91. The number of ether oxygens (including phenoxy) is 2. The first-order chi connectivity index (χ1) is 8.36. The summed E-state index contributed by atoms with van der Waals surface area (Å²) in [5.74, 6) is 2.09. The molecule has 3 aliphatic carbocycles. The lowest BCUT2D eigenvalue weighted by Crippen LogP contribution is -2.27. The van der Waals surface area contributed by atoms with Gasteiger partial charge in [0.25, 0.3) is 0 Å². The van der Waals surface area contributed by atoms with Crippen molar-refractivity contribution in [1.29, 1.82) is 0 Å². The van der Waals surface area contributed by atoms with Gasteiger partial charge in [0.1, 0.15) is 0 Å². The largest absolute Gasteiger partial charge is 0.380 e. The van der Waals surface area contributed by atoms with Gasteiger partial charge >= 0.3 is 0 Å². The van der Waals surface area contributed by atoms with Crippen LogP contribution in [0.25, 0.3) is 0 Å². The highest BCUT2D eigenvalue weighted by molar-refractivity contribution is 5.45. The molecule has 1 aliphatic heterocycles. The monoisotopic (exact) mass is 232 g/mol. The third-order valence-corrected chi connectivity index (χ3v) is 5.57. The van der Waals surface area contributed by atoms with Crippen LogP contribution in [0.2, 0.25) is 0 Å². The Bertz CT molecular complexity index is 388. The van der Waals surface area contributed by atoms with Crippen molar-refractivity contribution < 1.29 is 9.47 Å². The zero-order chi connectivity index (χ0) is 11.5. The summed E-state index contributed by atoms with van der Waals surface area (Å²) < 4.78 is 12.1. The molecule has 0 bridgehead atoms. The molecule has 5 atom stereocenters. The lowest BCUT2D eigenvalue weighted by Gasteiger charge is -2.21. The lowest BCUT2D eigenvalue weighted by molar-refractivity contribution is -0.0160. The molecule has 4 aliphatic rings. The van der Waals surface area contributed by atoms with Gasteiger partial charge in [-0.1, -0.05) is 18.2 Å². The average molecular weight is 232 g/mol. The van der Waals surface area contributed by atoms with Crippen LogP contribution in [0.5, 0.6) is 0 Å². The minimum atomic E-state index is 0.148. The molecule has 0 N–H and O–H groups in total. The van der Waals surface area contributed by atoms with E-state index in [2.05, 4.69) is 18.7 Å². The first kappa shape index (κ1) is 10.3. The Hall–Kier alpha value is -0.600. The molecule has 92 valence electrons. The molecule has 0 aromatic heterocycles. The fraction of sp³-hybridized carbons (Fsp3) is 0.733. The molecule has 0 radical (unpaired) electrons. The van der Waals surface area contributed by atoms with Gasteiger partial charge < -0.3 is 9.47 Å². The Kier molecular flexibility index (Phi) is 1.97. The summed E-state index contributed by atoms with van der Waals surface area (Å²) in [7, 11) is 0. The second kappa shape index (κ2) is 3.24. The highest BCUT2D eigenvalue weighted by Crippen LogP contribution is 2.82. The van der Waals surface area contributed by atoms with Crippen LogP contribution in [0.3, 0.4) is 0 Å². The molecule has 2 heteroatoms. The van der Waals surface area contributed by atoms with Crippen LogP contribution in [0.1, 0.15) is 19.3 Å². The van der Waals surface area contributed by atoms with Crippen molar-refractivity contribution in [2.75, 3.05) is 19.8 Å². The quantitative estimate of drug-likeness (QED) is 0.536. The van der Waals surface area contributed by atoms with Crippen LogP contribution in [0.4, 0.5) is 0 Å². The predicted octanol–water partition coefficient (Wildman–Crippen LogP) is 2.56. The van der Waals surface area contributed by atoms with Gasteiger partial charge in [0.15, 0.2) is 0 Å². The zero-order valence-electron chi connectivity index (χ0n) is 10.2. The van der Waals surface area contributed by atoms with Crippen LogP contribution < -0.4 is 0 Å². The van der Waals surface area contributed by atoms with Crippen LogP contribution in [0, 0.1) is 23.2 Å². The molecule has 1 unspecified atom stereocenters. The van der Waals surface area contributed by atoms with Gasteiger partial charge in [0.05, 0.1) is 18.8 Å². The maximum absolute atomic E-state index is 6.37. The number of hydrogen-bond donors (Lipinski definition) is 0. The first-order valence-electron chi connectivity index (χ1n) is 6.87. The number of hydrogen-bond acceptors (Lipinski definition) is 2. The van der Waals surface area contributed by atoms with Crippen molar-refractivity contribution in [3.05, 3.63) is 24.8 Å². The summed E-state index contributed by atoms with van der Waals surface area (Å²) in [5, 5.41) is 0. The van der Waals surface area contributed by atoms with E-state index >= 15 is 0 Å².